The van der Waals surface area contributed by atoms with Gasteiger partial charge < -0.3 is 9.47 Å². The topological polar surface area (TPSA) is 66.2 Å². The molecule has 0 spiro atoms. The van der Waals surface area contributed by atoms with Gasteiger partial charge in [0.2, 0.25) is 0 Å². The lowest BCUT2D eigenvalue weighted by atomic mass is 9.90. The average Bonchev–Trinajstić information content (AvgIpc) is 3.52. The van der Waals surface area contributed by atoms with E-state index in [0.717, 1.165) is 34.4 Å². The van der Waals surface area contributed by atoms with Gasteiger partial charge in [-0.2, -0.15) is 13.2 Å². The number of hydrogen-bond acceptors (Lipinski definition) is 6. The lowest BCUT2D eigenvalue weighted by Gasteiger charge is -2.19. The number of methoxy groups -OCH3 is 1. The normalized spacial score (nSPS) is 15.8. The summed E-state index contributed by atoms with van der Waals surface area (Å²) in [5, 5.41) is 0.632. The first kappa shape index (κ1) is 24.8. The molecule has 0 N–H and O–H groups in total. The van der Waals surface area contributed by atoms with Crippen LogP contribution in [0.4, 0.5) is 13.2 Å². The number of nitrogens with zero attached hydrogens (tertiary/aromatic N) is 3. The molecule has 1 aliphatic rings. The van der Waals surface area contributed by atoms with E-state index in [1.807, 2.05) is 22.8 Å². The molecule has 1 unspecified atom stereocenters. The summed E-state index contributed by atoms with van der Waals surface area (Å²) >= 11 is 1.13. The number of imidazole rings is 1. The van der Waals surface area contributed by atoms with Crippen LogP contribution in [0.5, 0.6) is 5.75 Å². The van der Waals surface area contributed by atoms with E-state index >= 15 is 0 Å². The second kappa shape index (κ2) is 9.85. The van der Waals surface area contributed by atoms with Crippen LogP contribution in [-0.2, 0) is 17.3 Å². The number of pyridine rings is 1. The van der Waals surface area contributed by atoms with Crippen LogP contribution in [0.2, 0.25) is 0 Å². The number of hydrogen-bond donors (Lipinski definition) is 0. The van der Waals surface area contributed by atoms with Crippen molar-refractivity contribution in [1.82, 2.24) is 14.5 Å². The van der Waals surface area contributed by atoms with Crippen molar-refractivity contribution in [2.75, 3.05) is 7.11 Å². The zero-order valence-corrected chi connectivity index (χ0v) is 20.7. The highest BCUT2D eigenvalue weighted by Gasteiger charge is 2.35. The molecule has 3 heterocycles. The molecule has 0 fully saturated rings. The van der Waals surface area contributed by atoms with Crippen LogP contribution in [0.25, 0.3) is 11.1 Å². The fourth-order valence-electron chi connectivity index (χ4n) is 4.39. The van der Waals surface area contributed by atoms with Gasteiger partial charge >= 0.3 is 12.1 Å². The number of esters is 1. The number of thiophene rings is 1. The van der Waals surface area contributed by atoms with Gasteiger partial charge in [0.05, 0.1) is 24.1 Å². The maximum atomic E-state index is 13.5. The molecule has 2 atom stereocenters. The van der Waals surface area contributed by atoms with Crippen LogP contribution in [0.1, 0.15) is 56.7 Å². The summed E-state index contributed by atoms with van der Waals surface area (Å²) in [6, 6.07) is 10.8. The molecule has 10 heteroatoms. The number of aromatic nitrogens is 3. The van der Waals surface area contributed by atoms with E-state index in [9.17, 15) is 18.0 Å². The predicted octanol–water partition coefficient (Wildman–Crippen LogP) is 6.63. The fraction of sp³-hybridized carbons (Fsp3) is 0.222. The third-order valence-electron chi connectivity index (χ3n) is 6.22. The van der Waals surface area contributed by atoms with Gasteiger partial charge in [-0.1, -0.05) is 24.3 Å². The minimum atomic E-state index is -4.53. The van der Waals surface area contributed by atoms with E-state index in [2.05, 4.69) is 16.0 Å². The third kappa shape index (κ3) is 4.89. The third-order valence-corrected chi connectivity index (χ3v) is 7.31. The minimum Gasteiger partial charge on any atom is -0.484 e. The monoisotopic (exact) mass is 525 g/mol. The number of benzene rings is 1. The Morgan fingerprint density at radius 1 is 1.19 bits per heavy atom. The smallest absolute Gasteiger partial charge is 0.416 e. The molecule has 37 heavy (non-hydrogen) atoms. The lowest BCUT2D eigenvalue weighted by Crippen LogP contribution is -2.14. The van der Waals surface area contributed by atoms with Gasteiger partial charge in [-0.25, -0.2) is 9.78 Å². The van der Waals surface area contributed by atoms with Crippen molar-refractivity contribution in [2.45, 2.75) is 31.5 Å². The molecular formula is C27H22F3N3O3S. The average molecular weight is 526 g/mol. The van der Waals surface area contributed by atoms with Crippen molar-refractivity contribution in [3.8, 4) is 10.8 Å². The highest BCUT2D eigenvalue weighted by Crippen LogP contribution is 2.40. The SMILES string of the molecule is COC(=O)c1sc(-n2cnc3c2C=CC(c2ccncc2)C3)cc1O[C@H](C)c1ccccc1C(F)(F)F. The summed E-state index contributed by atoms with van der Waals surface area (Å²) in [5.74, 6) is -0.320. The Morgan fingerprint density at radius 2 is 1.95 bits per heavy atom. The second-order valence-electron chi connectivity index (χ2n) is 8.51. The molecule has 0 aliphatic heterocycles. The summed E-state index contributed by atoms with van der Waals surface area (Å²) in [6.45, 7) is 1.52. The van der Waals surface area contributed by atoms with E-state index in [4.69, 9.17) is 9.47 Å². The molecule has 3 aromatic heterocycles. The van der Waals surface area contributed by atoms with Gasteiger partial charge in [0.15, 0.2) is 4.88 Å². The number of alkyl halides is 3. The predicted molar refractivity (Wildman–Crippen MR) is 133 cm³/mol. The van der Waals surface area contributed by atoms with Gasteiger partial charge in [0, 0.05) is 36.4 Å². The van der Waals surface area contributed by atoms with Crippen LogP contribution in [0, 0.1) is 0 Å². The van der Waals surface area contributed by atoms with E-state index in [1.165, 1.54) is 32.2 Å². The van der Waals surface area contributed by atoms with Gasteiger partial charge in [-0.3, -0.25) is 9.55 Å². The van der Waals surface area contributed by atoms with E-state index in [1.54, 1.807) is 24.8 Å². The summed E-state index contributed by atoms with van der Waals surface area (Å²) < 4.78 is 53.3. The molecule has 190 valence electrons. The Hall–Kier alpha value is -3.92. The molecule has 4 aromatic rings. The molecule has 5 rings (SSSR count). The Balaban J connectivity index is 1.47. The Labute approximate surface area is 215 Å². The molecule has 0 radical (unpaired) electrons. The van der Waals surface area contributed by atoms with Crippen LogP contribution < -0.4 is 4.74 Å². The number of fused-ring (bicyclic) bond motifs is 1. The van der Waals surface area contributed by atoms with Gasteiger partial charge in [0.1, 0.15) is 23.2 Å². The molecule has 0 amide bonds. The van der Waals surface area contributed by atoms with Crippen molar-refractivity contribution in [1.29, 1.82) is 0 Å². The summed E-state index contributed by atoms with van der Waals surface area (Å²) in [7, 11) is 1.24. The summed E-state index contributed by atoms with van der Waals surface area (Å²) in [4.78, 5) is 21.3. The fourth-order valence-corrected chi connectivity index (χ4v) is 5.39. The highest BCUT2D eigenvalue weighted by molar-refractivity contribution is 7.16. The number of carbonyl (C=O) groups is 1. The van der Waals surface area contributed by atoms with Crippen LogP contribution in [-0.4, -0.2) is 27.6 Å². The quantitative estimate of drug-likeness (QED) is 0.265. The standard InChI is InChI=1S/C27H22F3N3O3S/c1-16(19-5-3-4-6-20(19)27(28,29)30)36-23-14-24(37-25(23)26(34)35-2)33-15-32-21-13-18(7-8-22(21)33)17-9-11-31-12-10-17/h3-12,14-16,18H,13H2,1-2H3/t16-,18?/m1/s1. The first-order chi connectivity index (χ1) is 17.8. The van der Waals surface area contributed by atoms with Crippen molar-refractivity contribution in [3.05, 3.63) is 100 Å². The highest BCUT2D eigenvalue weighted by atomic mass is 32.1. The Morgan fingerprint density at radius 3 is 2.68 bits per heavy atom. The zero-order chi connectivity index (χ0) is 26.2. The number of carbonyl (C=O) groups excluding carboxylic acids is 1. The van der Waals surface area contributed by atoms with E-state index in [-0.39, 0.29) is 22.1 Å². The van der Waals surface area contributed by atoms with E-state index < -0.39 is 23.8 Å². The molecule has 6 nitrogen and oxygen atoms in total. The molecule has 1 aromatic carbocycles. The number of rotatable bonds is 6. The number of ether oxygens (including phenoxy) is 2. The minimum absolute atomic E-state index is 0.0244. The van der Waals surface area contributed by atoms with Crippen LogP contribution in [0.15, 0.2) is 67.3 Å². The first-order valence-corrected chi connectivity index (χ1v) is 12.3. The Kier molecular flexibility index (Phi) is 6.59. The molecule has 0 saturated heterocycles. The Bertz CT molecular complexity index is 1460. The molecule has 0 bridgehead atoms. The van der Waals surface area contributed by atoms with E-state index in [0.29, 0.717) is 11.4 Å². The zero-order valence-electron chi connectivity index (χ0n) is 19.9. The summed E-state index contributed by atoms with van der Waals surface area (Å²) in [6.07, 6.45) is 4.46. The number of halogens is 3. The van der Waals surface area contributed by atoms with Crippen LogP contribution in [0.3, 0.4) is 0 Å². The van der Waals surface area contributed by atoms with Crippen molar-refractivity contribution in [3.63, 3.8) is 0 Å². The molecular weight excluding hydrogens is 503 g/mol. The van der Waals surface area contributed by atoms with Gasteiger partial charge in [0.25, 0.3) is 0 Å². The lowest BCUT2D eigenvalue weighted by molar-refractivity contribution is -0.139. The van der Waals surface area contributed by atoms with Gasteiger partial charge in [-0.05, 0) is 36.8 Å². The molecule has 1 aliphatic carbocycles. The first-order valence-electron chi connectivity index (χ1n) is 11.5. The second-order valence-corrected chi connectivity index (χ2v) is 9.54. The van der Waals surface area contributed by atoms with Crippen molar-refractivity contribution < 1.29 is 27.4 Å². The number of allylic oxidation sites excluding steroid dienone is 1. The van der Waals surface area contributed by atoms with Crippen molar-refractivity contribution in [2.24, 2.45) is 0 Å². The maximum absolute atomic E-state index is 13.5. The largest absolute Gasteiger partial charge is 0.484 e. The summed E-state index contributed by atoms with van der Waals surface area (Å²) in [5.41, 5.74) is 2.09. The van der Waals surface area contributed by atoms with Gasteiger partial charge in [-0.15, -0.1) is 11.3 Å². The van der Waals surface area contributed by atoms with Crippen LogP contribution >= 0.6 is 11.3 Å². The van der Waals surface area contributed by atoms with Crippen molar-refractivity contribution >= 4 is 23.4 Å². The molecule has 0 saturated carbocycles. The maximum Gasteiger partial charge on any atom is 0.416 e.